The third-order valence-electron chi connectivity index (χ3n) is 3.22. The van der Waals surface area contributed by atoms with Gasteiger partial charge in [0, 0.05) is 25.9 Å². The van der Waals surface area contributed by atoms with E-state index >= 15 is 0 Å². The van der Waals surface area contributed by atoms with Crippen LogP contribution in [0.4, 0.5) is 0 Å². The quantitative estimate of drug-likeness (QED) is 0.542. The van der Waals surface area contributed by atoms with E-state index in [1.54, 1.807) is 0 Å². The van der Waals surface area contributed by atoms with Gasteiger partial charge >= 0.3 is 5.97 Å². The summed E-state index contributed by atoms with van der Waals surface area (Å²) in [6.45, 7) is 5.40. The summed E-state index contributed by atoms with van der Waals surface area (Å²) in [6, 6.07) is 0. The zero-order valence-electron chi connectivity index (χ0n) is 10.5. The molecule has 0 atom stereocenters. The minimum absolute atomic E-state index is 0.149. The second-order valence-electron chi connectivity index (χ2n) is 4.38. The molecule has 0 bridgehead atoms. The fourth-order valence-corrected chi connectivity index (χ4v) is 2.03. The fraction of sp³-hybridized carbons (Fsp3) is 0.692. The smallest absolute Gasteiger partial charge is 0.305 e. The fourth-order valence-electron chi connectivity index (χ4n) is 2.03. The Morgan fingerprint density at radius 1 is 1.35 bits per heavy atom. The van der Waals surface area contributed by atoms with Crippen LogP contribution in [0.1, 0.15) is 32.1 Å². The van der Waals surface area contributed by atoms with E-state index in [0.717, 1.165) is 25.9 Å². The minimum Gasteiger partial charge on any atom is -0.469 e. The van der Waals surface area contributed by atoms with Gasteiger partial charge in [0.15, 0.2) is 0 Å². The zero-order chi connectivity index (χ0) is 12.7. The van der Waals surface area contributed by atoms with E-state index in [4.69, 9.17) is 0 Å². The van der Waals surface area contributed by atoms with Gasteiger partial charge in [-0.3, -0.25) is 9.59 Å². The molecule has 1 rings (SSSR count). The van der Waals surface area contributed by atoms with Gasteiger partial charge in [0.1, 0.15) is 0 Å². The standard InChI is InChI=1S/C13H21NO3/c1-3-11-7-9-14(10-8-11)12(15)5-4-6-13(16)17-2/h3,11H,1,4-10H2,2H3. The lowest BCUT2D eigenvalue weighted by molar-refractivity contribution is -0.141. The van der Waals surface area contributed by atoms with Crippen molar-refractivity contribution in [2.24, 2.45) is 5.92 Å². The predicted molar refractivity (Wildman–Crippen MR) is 65.4 cm³/mol. The van der Waals surface area contributed by atoms with Crippen molar-refractivity contribution in [2.45, 2.75) is 32.1 Å². The Hall–Kier alpha value is -1.32. The van der Waals surface area contributed by atoms with Gasteiger partial charge in [0.05, 0.1) is 7.11 Å². The van der Waals surface area contributed by atoms with Gasteiger partial charge in [-0.25, -0.2) is 0 Å². The molecule has 0 N–H and O–H groups in total. The lowest BCUT2D eigenvalue weighted by Crippen LogP contribution is -2.38. The Bertz CT molecular complexity index is 280. The predicted octanol–water partition coefficient (Wildman–Crippen LogP) is 1.75. The first-order valence-corrected chi connectivity index (χ1v) is 6.14. The van der Waals surface area contributed by atoms with Crippen LogP contribution in [0, 0.1) is 5.92 Å². The highest BCUT2D eigenvalue weighted by atomic mass is 16.5. The third-order valence-corrected chi connectivity index (χ3v) is 3.22. The van der Waals surface area contributed by atoms with Crippen molar-refractivity contribution in [3.63, 3.8) is 0 Å². The van der Waals surface area contributed by atoms with Gasteiger partial charge in [-0.15, -0.1) is 6.58 Å². The Morgan fingerprint density at radius 3 is 2.53 bits per heavy atom. The number of likely N-dealkylation sites (tertiary alicyclic amines) is 1. The maximum absolute atomic E-state index is 11.8. The molecular weight excluding hydrogens is 218 g/mol. The second kappa shape index (κ2) is 7.09. The van der Waals surface area contributed by atoms with Gasteiger partial charge < -0.3 is 9.64 Å². The van der Waals surface area contributed by atoms with Crippen LogP contribution in [0.25, 0.3) is 0 Å². The molecule has 1 amide bonds. The Labute approximate surface area is 103 Å². The van der Waals surface area contributed by atoms with Crippen LogP contribution >= 0.6 is 0 Å². The van der Waals surface area contributed by atoms with E-state index in [-0.39, 0.29) is 11.9 Å². The van der Waals surface area contributed by atoms with Crippen molar-refractivity contribution < 1.29 is 14.3 Å². The molecule has 0 unspecified atom stereocenters. The van der Waals surface area contributed by atoms with Crippen LogP contribution in [0.5, 0.6) is 0 Å². The molecule has 0 aromatic carbocycles. The molecule has 1 aliphatic heterocycles. The number of methoxy groups -OCH3 is 1. The van der Waals surface area contributed by atoms with E-state index in [9.17, 15) is 9.59 Å². The number of hydrogen-bond acceptors (Lipinski definition) is 3. The minimum atomic E-state index is -0.247. The number of rotatable bonds is 5. The zero-order valence-corrected chi connectivity index (χ0v) is 10.5. The Morgan fingerprint density at radius 2 is 2.00 bits per heavy atom. The van der Waals surface area contributed by atoms with Crippen LogP contribution in [0.15, 0.2) is 12.7 Å². The van der Waals surface area contributed by atoms with Gasteiger partial charge in [-0.05, 0) is 25.2 Å². The topological polar surface area (TPSA) is 46.6 Å². The summed E-state index contributed by atoms with van der Waals surface area (Å²) in [4.78, 5) is 24.6. The van der Waals surface area contributed by atoms with Crippen molar-refractivity contribution >= 4 is 11.9 Å². The lowest BCUT2D eigenvalue weighted by atomic mass is 9.97. The SMILES string of the molecule is C=CC1CCN(C(=O)CCCC(=O)OC)CC1. The summed E-state index contributed by atoms with van der Waals surface area (Å²) in [5, 5.41) is 0. The molecule has 1 heterocycles. The highest BCUT2D eigenvalue weighted by Crippen LogP contribution is 2.18. The largest absolute Gasteiger partial charge is 0.469 e. The van der Waals surface area contributed by atoms with Gasteiger partial charge in [-0.1, -0.05) is 6.08 Å². The number of hydrogen-bond donors (Lipinski definition) is 0. The van der Waals surface area contributed by atoms with E-state index in [2.05, 4.69) is 11.3 Å². The number of carbonyl (C=O) groups excluding carboxylic acids is 2. The lowest BCUT2D eigenvalue weighted by Gasteiger charge is -2.30. The number of piperidine rings is 1. The van der Waals surface area contributed by atoms with Crippen molar-refractivity contribution in [3.8, 4) is 0 Å². The van der Waals surface area contributed by atoms with Gasteiger partial charge in [0.2, 0.25) is 5.91 Å². The highest BCUT2D eigenvalue weighted by molar-refractivity contribution is 5.77. The van der Waals surface area contributed by atoms with Gasteiger partial charge in [0.25, 0.3) is 0 Å². The molecule has 1 fully saturated rings. The van der Waals surface area contributed by atoms with Crippen molar-refractivity contribution in [1.82, 2.24) is 4.90 Å². The van der Waals surface area contributed by atoms with E-state index in [1.165, 1.54) is 7.11 Å². The molecule has 0 aliphatic carbocycles. The van der Waals surface area contributed by atoms with E-state index in [1.807, 2.05) is 11.0 Å². The Balaban J connectivity index is 2.20. The van der Waals surface area contributed by atoms with Crippen molar-refractivity contribution in [3.05, 3.63) is 12.7 Å². The highest BCUT2D eigenvalue weighted by Gasteiger charge is 2.20. The van der Waals surface area contributed by atoms with Crippen LogP contribution in [0.3, 0.4) is 0 Å². The van der Waals surface area contributed by atoms with Crippen LogP contribution in [-0.2, 0) is 14.3 Å². The number of carbonyl (C=O) groups is 2. The summed E-state index contributed by atoms with van der Waals surface area (Å²) >= 11 is 0. The van der Waals surface area contributed by atoms with Crippen LogP contribution < -0.4 is 0 Å². The van der Waals surface area contributed by atoms with Crippen LogP contribution in [0.2, 0.25) is 0 Å². The third kappa shape index (κ3) is 4.59. The molecule has 4 nitrogen and oxygen atoms in total. The van der Waals surface area contributed by atoms with Crippen LogP contribution in [-0.4, -0.2) is 37.0 Å². The van der Waals surface area contributed by atoms with Crippen molar-refractivity contribution in [2.75, 3.05) is 20.2 Å². The molecule has 96 valence electrons. The van der Waals surface area contributed by atoms with E-state index in [0.29, 0.717) is 25.2 Å². The number of nitrogens with zero attached hydrogens (tertiary/aromatic N) is 1. The average molecular weight is 239 g/mol. The normalized spacial score (nSPS) is 16.6. The number of amides is 1. The molecular formula is C13H21NO3. The maximum Gasteiger partial charge on any atom is 0.305 e. The summed E-state index contributed by atoms with van der Waals surface area (Å²) in [5.74, 6) is 0.453. The monoisotopic (exact) mass is 239 g/mol. The Kier molecular flexibility index (Phi) is 5.73. The molecule has 17 heavy (non-hydrogen) atoms. The first kappa shape index (κ1) is 13.7. The first-order valence-electron chi connectivity index (χ1n) is 6.14. The summed E-state index contributed by atoms with van der Waals surface area (Å²) < 4.78 is 4.53. The molecule has 0 saturated carbocycles. The molecule has 4 heteroatoms. The molecule has 0 aromatic heterocycles. The summed E-state index contributed by atoms with van der Waals surface area (Å²) in [6.07, 6.45) is 5.32. The molecule has 0 radical (unpaired) electrons. The first-order chi connectivity index (χ1) is 8.17. The number of ether oxygens (including phenoxy) is 1. The summed E-state index contributed by atoms with van der Waals surface area (Å²) in [5.41, 5.74) is 0. The van der Waals surface area contributed by atoms with Gasteiger partial charge in [-0.2, -0.15) is 0 Å². The number of esters is 1. The number of allylic oxidation sites excluding steroid dienone is 1. The van der Waals surface area contributed by atoms with Crippen molar-refractivity contribution in [1.29, 1.82) is 0 Å². The summed E-state index contributed by atoms with van der Waals surface area (Å²) in [7, 11) is 1.37. The average Bonchev–Trinajstić information content (AvgIpc) is 2.38. The molecule has 1 aliphatic rings. The maximum atomic E-state index is 11.8. The molecule has 1 saturated heterocycles. The molecule has 0 spiro atoms. The second-order valence-corrected chi connectivity index (χ2v) is 4.38. The van der Waals surface area contributed by atoms with E-state index < -0.39 is 0 Å². The molecule has 0 aromatic rings.